The molecule has 16 heavy (non-hydrogen) atoms. The Hall–Kier alpha value is -0.930. The summed E-state index contributed by atoms with van der Waals surface area (Å²) in [6.45, 7) is 3.66. The number of hydrogen-bond donors (Lipinski definition) is 0. The van der Waals surface area contributed by atoms with Crippen LogP contribution in [0.5, 0.6) is 0 Å². The minimum absolute atomic E-state index is 0.127. The van der Waals surface area contributed by atoms with Gasteiger partial charge in [0.15, 0.2) is 5.78 Å². The molecule has 0 amide bonds. The molecular weight excluding hydrogens is 284 g/mol. The quantitative estimate of drug-likeness (QED) is 0.735. The molecule has 0 unspecified atom stereocenters. The van der Waals surface area contributed by atoms with Gasteiger partial charge in [-0.05, 0) is 43.2 Å². The van der Waals surface area contributed by atoms with Crippen molar-refractivity contribution in [1.29, 1.82) is 0 Å². The summed E-state index contributed by atoms with van der Waals surface area (Å²) in [5.74, 6) is 0.127. The molecule has 0 atom stereocenters. The second-order valence-corrected chi connectivity index (χ2v) is 5.62. The summed E-state index contributed by atoms with van der Waals surface area (Å²) in [6, 6.07) is 10.1. The number of carbonyl (C=O) groups is 1. The standard InChI is InChI=1S/C13H11BrOS/c1-8-3-4-10(7-11(8)14)13-6-5-12(16-13)9(2)15/h3-7H,1-2H3. The Kier molecular flexibility index (Phi) is 3.26. The average Bonchev–Trinajstić information content (AvgIpc) is 2.71. The Morgan fingerprint density at radius 2 is 2.00 bits per heavy atom. The summed E-state index contributed by atoms with van der Waals surface area (Å²) in [6.07, 6.45) is 0. The molecule has 0 aliphatic rings. The first-order chi connectivity index (χ1) is 7.58. The van der Waals surface area contributed by atoms with E-state index in [1.54, 1.807) is 6.92 Å². The molecule has 0 saturated heterocycles. The fraction of sp³-hybridized carbons (Fsp3) is 0.154. The van der Waals surface area contributed by atoms with Crippen molar-refractivity contribution in [2.75, 3.05) is 0 Å². The topological polar surface area (TPSA) is 17.1 Å². The summed E-state index contributed by atoms with van der Waals surface area (Å²) in [7, 11) is 0. The van der Waals surface area contributed by atoms with Crippen molar-refractivity contribution in [3.8, 4) is 10.4 Å². The SMILES string of the molecule is CC(=O)c1ccc(-c2ccc(C)c(Br)c2)s1. The zero-order valence-electron chi connectivity index (χ0n) is 9.08. The molecule has 0 N–H and O–H groups in total. The molecule has 0 radical (unpaired) electrons. The van der Waals surface area contributed by atoms with Crippen LogP contribution < -0.4 is 0 Å². The minimum Gasteiger partial charge on any atom is -0.294 e. The minimum atomic E-state index is 0.127. The van der Waals surface area contributed by atoms with Gasteiger partial charge in [0.05, 0.1) is 4.88 Å². The van der Waals surface area contributed by atoms with Crippen LogP contribution in [0.4, 0.5) is 0 Å². The predicted octanol–water partition coefficient (Wildman–Crippen LogP) is 4.69. The van der Waals surface area contributed by atoms with Gasteiger partial charge in [0, 0.05) is 9.35 Å². The highest BCUT2D eigenvalue weighted by Gasteiger charge is 2.06. The molecule has 0 spiro atoms. The van der Waals surface area contributed by atoms with Gasteiger partial charge in [0.2, 0.25) is 0 Å². The second-order valence-electron chi connectivity index (χ2n) is 3.68. The average molecular weight is 295 g/mol. The van der Waals surface area contributed by atoms with E-state index in [2.05, 4.69) is 41.1 Å². The van der Waals surface area contributed by atoms with E-state index in [9.17, 15) is 4.79 Å². The predicted molar refractivity (Wildman–Crippen MR) is 72.2 cm³/mol. The van der Waals surface area contributed by atoms with Crippen molar-refractivity contribution >= 4 is 33.0 Å². The van der Waals surface area contributed by atoms with Crippen molar-refractivity contribution in [2.24, 2.45) is 0 Å². The first kappa shape index (κ1) is 11.6. The van der Waals surface area contributed by atoms with Gasteiger partial charge in [-0.1, -0.05) is 28.1 Å². The number of ketones is 1. The monoisotopic (exact) mass is 294 g/mol. The molecule has 1 heterocycles. The molecular formula is C13H11BrOS. The van der Waals surface area contributed by atoms with Gasteiger partial charge < -0.3 is 0 Å². The van der Waals surface area contributed by atoms with Crippen LogP contribution in [-0.2, 0) is 0 Å². The first-order valence-electron chi connectivity index (χ1n) is 4.95. The highest BCUT2D eigenvalue weighted by molar-refractivity contribution is 9.10. The third kappa shape index (κ3) is 2.25. The number of thiophene rings is 1. The molecule has 0 bridgehead atoms. The highest BCUT2D eigenvalue weighted by atomic mass is 79.9. The molecule has 3 heteroatoms. The number of hydrogen-bond acceptors (Lipinski definition) is 2. The lowest BCUT2D eigenvalue weighted by molar-refractivity contribution is 0.102. The van der Waals surface area contributed by atoms with Crippen molar-refractivity contribution in [1.82, 2.24) is 0 Å². The van der Waals surface area contributed by atoms with E-state index >= 15 is 0 Å². The fourth-order valence-electron chi connectivity index (χ4n) is 1.43. The normalized spacial score (nSPS) is 10.4. The van der Waals surface area contributed by atoms with Gasteiger partial charge in [0.25, 0.3) is 0 Å². The van der Waals surface area contributed by atoms with Crippen LogP contribution in [0.1, 0.15) is 22.2 Å². The van der Waals surface area contributed by atoms with E-state index in [0.29, 0.717) is 0 Å². The molecule has 0 aliphatic heterocycles. The van der Waals surface area contributed by atoms with E-state index in [1.807, 2.05) is 12.1 Å². The molecule has 0 fully saturated rings. The lowest BCUT2D eigenvalue weighted by Crippen LogP contribution is -1.83. The number of carbonyl (C=O) groups excluding carboxylic acids is 1. The Bertz CT molecular complexity index is 543. The van der Waals surface area contributed by atoms with E-state index < -0.39 is 0 Å². The molecule has 1 aromatic heterocycles. The molecule has 0 saturated carbocycles. The number of aryl methyl sites for hydroxylation is 1. The lowest BCUT2D eigenvalue weighted by Gasteiger charge is -2.01. The van der Waals surface area contributed by atoms with Crippen molar-refractivity contribution in [3.05, 3.63) is 45.2 Å². The number of Topliss-reactive ketones (excluding diaryl/α,β-unsaturated/α-hetero) is 1. The summed E-state index contributed by atoms with van der Waals surface area (Å²) in [4.78, 5) is 13.2. The Balaban J connectivity index is 2.42. The summed E-state index contributed by atoms with van der Waals surface area (Å²) in [5.41, 5.74) is 2.36. The summed E-state index contributed by atoms with van der Waals surface area (Å²) in [5, 5.41) is 0. The van der Waals surface area contributed by atoms with Gasteiger partial charge in [-0.15, -0.1) is 11.3 Å². The number of benzene rings is 1. The maximum absolute atomic E-state index is 11.2. The van der Waals surface area contributed by atoms with Gasteiger partial charge in [0.1, 0.15) is 0 Å². The lowest BCUT2D eigenvalue weighted by atomic mass is 10.1. The van der Waals surface area contributed by atoms with Crippen LogP contribution >= 0.6 is 27.3 Å². The van der Waals surface area contributed by atoms with E-state index in [1.165, 1.54) is 16.9 Å². The Morgan fingerprint density at radius 1 is 1.25 bits per heavy atom. The van der Waals surface area contributed by atoms with Crippen LogP contribution in [0.15, 0.2) is 34.8 Å². The van der Waals surface area contributed by atoms with E-state index in [0.717, 1.165) is 19.8 Å². The fourth-order valence-corrected chi connectivity index (χ4v) is 2.70. The number of rotatable bonds is 2. The van der Waals surface area contributed by atoms with Gasteiger partial charge in [-0.2, -0.15) is 0 Å². The van der Waals surface area contributed by atoms with Crippen LogP contribution in [0.25, 0.3) is 10.4 Å². The third-order valence-corrected chi connectivity index (χ3v) is 4.50. The summed E-state index contributed by atoms with van der Waals surface area (Å²) < 4.78 is 1.10. The number of halogens is 1. The Labute approximate surface area is 107 Å². The summed E-state index contributed by atoms with van der Waals surface area (Å²) >= 11 is 5.06. The van der Waals surface area contributed by atoms with Gasteiger partial charge in [-0.3, -0.25) is 4.79 Å². The third-order valence-electron chi connectivity index (χ3n) is 2.41. The zero-order chi connectivity index (χ0) is 11.7. The van der Waals surface area contributed by atoms with Crippen molar-refractivity contribution < 1.29 is 4.79 Å². The van der Waals surface area contributed by atoms with Crippen LogP contribution in [-0.4, -0.2) is 5.78 Å². The van der Waals surface area contributed by atoms with Crippen molar-refractivity contribution in [3.63, 3.8) is 0 Å². The zero-order valence-corrected chi connectivity index (χ0v) is 11.5. The molecule has 0 aliphatic carbocycles. The maximum atomic E-state index is 11.2. The van der Waals surface area contributed by atoms with Crippen LogP contribution in [0.2, 0.25) is 0 Å². The highest BCUT2D eigenvalue weighted by Crippen LogP contribution is 2.31. The molecule has 1 aromatic carbocycles. The second kappa shape index (κ2) is 4.52. The first-order valence-corrected chi connectivity index (χ1v) is 6.56. The molecule has 2 aromatic rings. The Morgan fingerprint density at radius 3 is 2.56 bits per heavy atom. The van der Waals surface area contributed by atoms with Crippen LogP contribution in [0.3, 0.4) is 0 Å². The molecule has 2 rings (SSSR count). The largest absolute Gasteiger partial charge is 0.294 e. The maximum Gasteiger partial charge on any atom is 0.169 e. The van der Waals surface area contributed by atoms with Gasteiger partial charge >= 0.3 is 0 Å². The van der Waals surface area contributed by atoms with E-state index in [4.69, 9.17) is 0 Å². The van der Waals surface area contributed by atoms with Gasteiger partial charge in [-0.25, -0.2) is 0 Å². The van der Waals surface area contributed by atoms with Crippen molar-refractivity contribution in [2.45, 2.75) is 13.8 Å². The molecule has 1 nitrogen and oxygen atoms in total. The van der Waals surface area contributed by atoms with E-state index in [-0.39, 0.29) is 5.78 Å². The van der Waals surface area contributed by atoms with Crippen LogP contribution in [0, 0.1) is 6.92 Å². The molecule has 82 valence electrons. The smallest absolute Gasteiger partial charge is 0.169 e.